The molecule has 1 aromatic carbocycles. The highest BCUT2D eigenvalue weighted by molar-refractivity contribution is 14.1. The van der Waals surface area contributed by atoms with Crippen molar-refractivity contribution >= 4 is 28.6 Å². The van der Waals surface area contributed by atoms with Crippen LogP contribution in [0.25, 0.3) is 0 Å². The molecule has 1 aromatic rings. The summed E-state index contributed by atoms with van der Waals surface area (Å²) >= 11 is 2.33. The Kier molecular flexibility index (Phi) is 7.21. The summed E-state index contributed by atoms with van der Waals surface area (Å²) in [5, 5.41) is 0. The number of aryl methyl sites for hydroxylation is 1. The SMILES string of the molecule is O=C(CCc1ccccc1)OCCCCI. The van der Waals surface area contributed by atoms with Gasteiger partial charge >= 0.3 is 5.97 Å². The van der Waals surface area contributed by atoms with Crippen molar-refractivity contribution in [2.24, 2.45) is 0 Å². The lowest BCUT2D eigenvalue weighted by atomic mass is 10.1. The average molecular weight is 332 g/mol. The van der Waals surface area contributed by atoms with Gasteiger partial charge in [-0.15, -0.1) is 0 Å². The van der Waals surface area contributed by atoms with Crippen molar-refractivity contribution in [1.82, 2.24) is 0 Å². The van der Waals surface area contributed by atoms with Crippen molar-refractivity contribution in [2.45, 2.75) is 25.7 Å². The molecule has 0 aliphatic rings. The first-order valence-corrected chi connectivity index (χ1v) is 7.11. The Morgan fingerprint density at radius 3 is 2.62 bits per heavy atom. The fourth-order valence-electron chi connectivity index (χ4n) is 1.35. The van der Waals surface area contributed by atoms with E-state index in [9.17, 15) is 4.79 Å². The maximum atomic E-state index is 11.4. The van der Waals surface area contributed by atoms with Crippen molar-refractivity contribution in [3.05, 3.63) is 35.9 Å². The predicted octanol–water partition coefficient (Wildman–Crippen LogP) is 3.38. The molecule has 0 spiro atoms. The van der Waals surface area contributed by atoms with Gasteiger partial charge in [0.25, 0.3) is 0 Å². The molecular weight excluding hydrogens is 315 g/mol. The first-order chi connectivity index (χ1) is 7.83. The van der Waals surface area contributed by atoms with E-state index in [0.29, 0.717) is 13.0 Å². The molecule has 88 valence electrons. The van der Waals surface area contributed by atoms with Crippen molar-refractivity contribution in [2.75, 3.05) is 11.0 Å². The summed E-state index contributed by atoms with van der Waals surface area (Å²) in [4.78, 5) is 11.4. The van der Waals surface area contributed by atoms with Crippen molar-refractivity contribution < 1.29 is 9.53 Å². The van der Waals surface area contributed by atoms with Gasteiger partial charge in [0.1, 0.15) is 0 Å². The molecule has 16 heavy (non-hydrogen) atoms. The molecule has 0 saturated carbocycles. The summed E-state index contributed by atoms with van der Waals surface area (Å²) in [6, 6.07) is 10.0. The van der Waals surface area contributed by atoms with E-state index in [1.165, 1.54) is 5.56 Å². The van der Waals surface area contributed by atoms with Gasteiger partial charge in [0.2, 0.25) is 0 Å². The molecule has 0 bridgehead atoms. The monoisotopic (exact) mass is 332 g/mol. The zero-order valence-corrected chi connectivity index (χ0v) is 11.5. The number of rotatable bonds is 7. The number of unbranched alkanes of at least 4 members (excludes halogenated alkanes) is 1. The number of benzene rings is 1. The second kappa shape index (κ2) is 8.56. The molecule has 0 aliphatic carbocycles. The van der Waals surface area contributed by atoms with Gasteiger partial charge in [0, 0.05) is 6.42 Å². The van der Waals surface area contributed by atoms with Crippen LogP contribution >= 0.6 is 22.6 Å². The third-order valence-electron chi connectivity index (χ3n) is 2.25. The first kappa shape index (κ1) is 13.5. The van der Waals surface area contributed by atoms with E-state index in [1.807, 2.05) is 30.3 Å². The van der Waals surface area contributed by atoms with Crippen LogP contribution in [0.4, 0.5) is 0 Å². The normalized spacial score (nSPS) is 10.1. The van der Waals surface area contributed by atoms with E-state index in [-0.39, 0.29) is 5.97 Å². The van der Waals surface area contributed by atoms with Gasteiger partial charge in [-0.1, -0.05) is 52.9 Å². The lowest BCUT2D eigenvalue weighted by Gasteiger charge is -2.04. The Bertz CT molecular complexity index is 298. The number of halogens is 1. The molecule has 0 unspecified atom stereocenters. The molecule has 0 amide bonds. The minimum absolute atomic E-state index is 0.0858. The number of hydrogen-bond acceptors (Lipinski definition) is 2. The molecule has 0 radical (unpaired) electrons. The van der Waals surface area contributed by atoms with Crippen LogP contribution in [0.5, 0.6) is 0 Å². The Labute approximate surface area is 111 Å². The molecule has 2 nitrogen and oxygen atoms in total. The van der Waals surface area contributed by atoms with E-state index in [4.69, 9.17) is 4.74 Å². The van der Waals surface area contributed by atoms with Crippen LogP contribution < -0.4 is 0 Å². The van der Waals surface area contributed by atoms with Crippen LogP contribution in [0.1, 0.15) is 24.8 Å². The van der Waals surface area contributed by atoms with Gasteiger partial charge in [-0.25, -0.2) is 0 Å². The Hall–Kier alpha value is -0.580. The Morgan fingerprint density at radius 2 is 1.94 bits per heavy atom. The number of esters is 1. The highest BCUT2D eigenvalue weighted by atomic mass is 127. The van der Waals surface area contributed by atoms with Gasteiger partial charge in [0.05, 0.1) is 6.61 Å². The van der Waals surface area contributed by atoms with Crippen LogP contribution in [0.15, 0.2) is 30.3 Å². The lowest BCUT2D eigenvalue weighted by Crippen LogP contribution is -2.07. The molecule has 0 aliphatic heterocycles. The van der Waals surface area contributed by atoms with Gasteiger partial charge in [0.15, 0.2) is 0 Å². The minimum atomic E-state index is -0.0858. The van der Waals surface area contributed by atoms with Crippen LogP contribution in [0.3, 0.4) is 0 Å². The van der Waals surface area contributed by atoms with E-state index in [0.717, 1.165) is 23.7 Å². The Balaban J connectivity index is 2.11. The molecular formula is C13H17IO2. The summed E-state index contributed by atoms with van der Waals surface area (Å²) in [6.07, 6.45) is 3.34. The van der Waals surface area contributed by atoms with Crippen molar-refractivity contribution in [1.29, 1.82) is 0 Å². The van der Waals surface area contributed by atoms with Crippen LogP contribution in [0, 0.1) is 0 Å². The molecule has 0 atom stereocenters. The standard InChI is InChI=1S/C13H17IO2/c14-10-4-5-11-16-13(15)9-8-12-6-2-1-3-7-12/h1-3,6-7H,4-5,8-11H2. The van der Waals surface area contributed by atoms with Crippen molar-refractivity contribution in [3.8, 4) is 0 Å². The smallest absolute Gasteiger partial charge is 0.306 e. The summed E-state index contributed by atoms with van der Waals surface area (Å²) in [5.74, 6) is -0.0858. The second-order valence-corrected chi connectivity index (χ2v) is 4.68. The molecule has 1 rings (SSSR count). The zero-order chi connectivity index (χ0) is 11.6. The van der Waals surface area contributed by atoms with Gasteiger partial charge in [-0.2, -0.15) is 0 Å². The third-order valence-corrected chi connectivity index (χ3v) is 3.01. The molecule has 0 N–H and O–H groups in total. The summed E-state index contributed by atoms with van der Waals surface area (Å²) in [6.45, 7) is 0.566. The largest absolute Gasteiger partial charge is 0.466 e. The fraction of sp³-hybridized carbons (Fsp3) is 0.462. The maximum Gasteiger partial charge on any atom is 0.306 e. The quantitative estimate of drug-likeness (QED) is 0.331. The van der Waals surface area contributed by atoms with Gasteiger partial charge < -0.3 is 4.74 Å². The van der Waals surface area contributed by atoms with Gasteiger partial charge in [-0.3, -0.25) is 4.79 Å². The number of ether oxygens (including phenoxy) is 1. The van der Waals surface area contributed by atoms with E-state index in [2.05, 4.69) is 22.6 Å². The van der Waals surface area contributed by atoms with E-state index >= 15 is 0 Å². The fourth-order valence-corrected chi connectivity index (χ4v) is 1.89. The van der Waals surface area contributed by atoms with E-state index < -0.39 is 0 Å². The van der Waals surface area contributed by atoms with E-state index in [1.54, 1.807) is 0 Å². The summed E-state index contributed by atoms with van der Waals surface area (Å²) in [5.41, 5.74) is 1.19. The Morgan fingerprint density at radius 1 is 1.19 bits per heavy atom. The van der Waals surface area contributed by atoms with Crippen LogP contribution in [-0.4, -0.2) is 17.0 Å². The number of carbonyl (C=O) groups is 1. The van der Waals surface area contributed by atoms with Crippen LogP contribution in [0.2, 0.25) is 0 Å². The first-order valence-electron chi connectivity index (χ1n) is 5.58. The maximum absolute atomic E-state index is 11.4. The molecule has 0 heterocycles. The molecule has 0 saturated heterocycles. The summed E-state index contributed by atoms with van der Waals surface area (Å²) < 4.78 is 6.25. The lowest BCUT2D eigenvalue weighted by molar-refractivity contribution is -0.143. The third kappa shape index (κ3) is 6.10. The summed E-state index contributed by atoms with van der Waals surface area (Å²) in [7, 11) is 0. The molecule has 0 fully saturated rings. The molecule has 0 aromatic heterocycles. The zero-order valence-electron chi connectivity index (χ0n) is 9.32. The average Bonchev–Trinajstić information content (AvgIpc) is 2.33. The van der Waals surface area contributed by atoms with Crippen LogP contribution in [-0.2, 0) is 16.0 Å². The van der Waals surface area contributed by atoms with Gasteiger partial charge in [-0.05, 0) is 29.3 Å². The highest BCUT2D eigenvalue weighted by Gasteiger charge is 2.02. The topological polar surface area (TPSA) is 26.3 Å². The molecule has 3 heteroatoms. The number of alkyl halides is 1. The second-order valence-electron chi connectivity index (χ2n) is 3.60. The predicted molar refractivity (Wildman–Crippen MR) is 73.8 cm³/mol. The number of carbonyl (C=O) groups excluding carboxylic acids is 1. The number of hydrogen-bond donors (Lipinski definition) is 0. The highest BCUT2D eigenvalue weighted by Crippen LogP contribution is 2.03. The minimum Gasteiger partial charge on any atom is -0.466 e. The van der Waals surface area contributed by atoms with Crippen molar-refractivity contribution in [3.63, 3.8) is 0 Å².